The quantitative estimate of drug-likeness (QED) is 0.849. The number of fused-ring (bicyclic) bond motifs is 1. The standard InChI is InChI=1S/C16H21N5O2/c1-20-8-5-12(6-9-20)18-15(22)11-17-16(23)14-10-13-4-2-3-7-21(13)19-14/h2-4,7,10,12H,5-6,8-9,11H2,1H3,(H,17,23)(H,18,22). The van der Waals surface area contributed by atoms with Crippen molar-refractivity contribution in [2.24, 2.45) is 0 Å². The summed E-state index contributed by atoms with van der Waals surface area (Å²) < 4.78 is 1.63. The highest BCUT2D eigenvalue weighted by Crippen LogP contribution is 2.08. The van der Waals surface area contributed by atoms with Crippen molar-refractivity contribution in [3.63, 3.8) is 0 Å². The van der Waals surface area contributed by atoms with Gasteiger partial charge in [-0.1, -0.05) is 6.07 Å². The molecule has 3 heterocycles. The molecule has 0 aliphatic carbocycles. The molecule has 1 saturated heterocycles. The van der Waals surface area contributed by atoms with Gasteiger partial charge in [0, 0.05) is 12.2 Å². The molecule has 0 unspecified atom stereocenters. The number of hydrogen-bond donors (Lipinski definition) is 2. The monoisotopic (exact) mass is 315 g/mol. The zero-order valence-corrected chi connectivity index (χ0v) is 13.2. The predicted octanol–water partition coefficient (Wildman–Crippen LogP) is 0.275. The molecule has 7 nitrogen and oxygen atoms in total. The van der Waals surface area contributed by atoms with Gasteiger partial charge in [0.1, 0.15) is 0 Å². The molecule has 0 aromatic carbocycles. The molecule has 0 radical (unpaired) electrons. The molecule has 23 heavy (non-hydrogen) atoms. The maximum atomic E-state index is 12.1. The molecule has 122 valence electrons. The van der Waals surface area contributed by atoms with Gasteiger partial charge in [-0.3, -0.25) is 9.59 Å². The first-order valence-corrected chi connectivity index (χ1v) is 7.82. The van der Waals surface area contributed by atoms with Crippen LogP contribution in [0.15, 0.2) is 30.5 Å². The van der Waals surface area contributed by atoms with Crippen LogP contribution in [0.25, 0.3) is 5.52 Å². The average Bonchev–Trinajstić information content (AvgIpc) is 2.99. The summed E-state index contributed by atoms with van der Waals surface area (Å²) in [5, 5.41) is 9.77. The number of aromatic nitrogens is 2. The minimum absolute atomic E-state index is 0.0287. The Morgan fingerprint density at radius 2 is 2.09 bits per heavy atom. The third-order valence-electron chi connectivity index (χ3n) is 4.10. The molecule has 2 N–H and O–H groups in total. The van der Waals surface area contributed by atoms with Crippen molar-refractivity contribution >= 4 is 17.3 Å². The van der Waals surface area contributed by atoms with Crippen LogP contribution in [-0.2, 0) is 4.79 Å². The topological polar surface area (TPSA) is 78.7 Å². The van der Waals surface area contributed by atoms with Crippen LogP contribution >= 0.6 is 0 Å². The van der Waals surface area contributed by atoms with Gasteiger partial charge < -0.3 is 15.5 Å². The summed E-state index contributed by atoms with van der Waals surface area (Å²) in [6, 6.07) is 7.50. The van der Waals surface area contributed by atoms with Crippen molar-refractivity contribution in [3.8, 4) is 0 Å². The van der Waals surface area contributed by atoms with Crippen LogP contribution in [0.5, 0.6) is 0 Å². The molecule has 0 bridgehead atoms. The zero-order chi connectivity index (χ0) is 16.2. The number of rotatable bonds is 4. The Kier molecular flexibility index (Phi) is 4.57. The van der Waals surface area contributed by atoms with Gasteiger partial charge in [0.05, 0.1) is 12.1 Å². The maximum Gasteiger partial charge on any atom is 0.272 e. The largest absolute Gasteiger partial charge is 0.352 e. The number of hydrogen-bond acceptors (Lipinski definition) is 4. The minimum Gasteiger partial charge on any atom is -0.352 e. The highest BCUT2D eigenvalue weighted by Gasteiger charge is 2.19. The Balaban J connectivity index is 1.49. The smallest absolute Gasteiger partial charge is 0.272 e. The fourth-order valence-electron chi connectivity index (χ4n) is 2.73. The molecule has 7 heteroatoms. The lowest BCUT2D eigenvalue weighted by Gasteiger charge is -2.29. The Morgan fingerprint density at radius 3 is 2.83 bits per heavy atom. The summed E-state index contributed by atoms with van der Waals surface area (Å²) in [4.78, 5) is 26.3. The van der Waals surface area contributed by atoms with Gasteiger partial charge >= 0.3 is 0 Å². The predicted molar refractivity (Wildman–Crippen MR) is 86.2 cm³/mol. The van der Waals surface area contributed by atoms with E-state index in [-0.39, 0.29) is 24.4 Å². The lowest BCUT2D eigenvalue weighted by molar-refractivity contribution is -0.121. The summed E-state index contributed by atoms with van der Waals surface area (Å²) in [5.41, 5.74) is 1.15. The Labute approximate surface area is 134 Å². The number of carbonyl (C=O) groups is 2. The number of pyridine rings is 1. The molecule has 2 aromatic heterocycles. The summed E-state index contributed by atoms with van der Waals surface area (Å²) >= 11 is 0. The second-order valence-corrected chi connectivity index (χ2v) is 5.93. The first-order chi connectivity index (χ1) is 11.1. The van der Waals surface area contributed by atoms with Gasteiger partial charge in [-0.25, -0.2) is 4.52 Å². The molecule has 0 saturated carbocycles. The van der Waals surface area contributed by atoms with Gasteiger partial charge in [0.15, 0.2) is 5.69 Å². The van der Waals surface area contributed by atoms with Crippen LogP contribution in [0, 0.1) is 0 Å². The van der Waals surface area contributed by atoms with E-state index in [0.29, 0.717) is 5.69 Å². The van der Waals surface area contributed by atoms with E-state index in [0.717, 1.165) is 31.4 Å². The number of amides is 2. The van der Waals surface area contributed by atoms with E-state index in [1.165, 1.54) is 0 Å². The maximum absolute atomic E-state index is 12.1. The van der Waals surface area contributed by atoms with Crippen LogP contribution in [0.4, 0.5) is 0 Å². The SMILES string of the molecule is CN1CCC(NC(=O)CNC(=O)c2cc3ccccn3n2)CC1. The second kappa shape index (κ2) is 6.78. The molecular formula is C16H21N5O2. The summed E-state index contributed by atoms with van der Waals surface area (Å²) in [6.07, 6.45) is 3.67. The Hall–Kier alpha value is -2.41. The molecule has 0 atom stereocenters. The zero-order valence-electron chi connectivity index (χ0n) is 13.2. The average molecular weight is 315 g/mol. The van der Waals surface area contributed by atoms with Crippen molar-refractivity contribution in [3.05, 3.63) is 36.2 Å². The van der Waals surface area contributed by atoms with Gasteiger partial charge in [0.25, 0.3) is 5.91 Å². The van der Waals surface area contributed by atoms with Crippen molar-refractivity contribution in [2.75, 3.05) is 26.7 Å². The number of likely N-dealkylation sites (tertiary alicyclic amines) is 1. The van der Waals surface area contributed by atoms with Gasteiger partial charge in [-0.15, -0.1) is 0 Å². The fraction of sp³-hybridized carbons (Fsp3) is 0.438. The Bertz CT molecular complexity index is 670. The Morgan fingerprint density at radius 1 is 1.30 bits per heavy atom. The number of carbonyl (C=O) groups excluding carboxylic acids is 2. The molecule has 1 aliphatic rings. The van der Waals surface area contributed by atoms with E-state index in [1.807, 2.05) is 18.2 Å². The second-order valence-electron chi connectivity index (χ2n) is 5.93. The van der Waals surface area contributed by atoms with Crippen molar-refractivity contribution in [1.82, 2.24) is 25.1 Å². The number of piperidine rings is 1. The van der Waals surface area contributed by atoms with Crippen molar-refractivity contribution in [1.29, 1.82) is 0 Å². The van der Waals surface area contributed by atoms with E-state index >= 15 is 0 Å². The van der Waals surface area contributed by atoms with E-state index < -0.39 is 0 Å². The third-order valence-corrected chi connectivity index (χ3v) is 4.10. The third kappa shape index (κ3) is 3.87. The molecule has 0 spiro atoms. The van der Waals surface area contributed by atoms with Crippen molar-refractivity contribution < 1.29 is 9.59 Å². The lowest BCUT2D eigenvalue weighted by Crippen LogP contribution is -2.46. The minimum atomic E-state index is -0.341. The van der Waals surface area contributed by atoms with Crippen LogP contribution in [0.3, 0.4) is 0 Å². The normalized spacial score (nSPS) is 16.4. The molecular weight excluding hydrogens is 294 g/mol. The summed E-state index contributed by atoms with van der Waals surface area (Å²) in [6.45, 7) is 1.94. The van der Waals surface area contributed by atoms with Crippen LogP contribution in [0.2, 0.25) is 0 Å². The summed E-state index contributed by atoms with van der Waals surface area (Å²) in [5.74, 6) is -0.496. The van der Waals surface area contributed by atoms with E-state index in [2.05, 4.69) is 27.7 Å². The number of nitrogens with one attached hydrogen (secondary N) is 2. The van der Waals surface area contributed by atoms with E-state index in [1.54, 1.807) is 16.8 Å². The molecule has 3 rings (SSSR count). The van der Waals surface area contributed by atoms with Gasteiger partial charge in [-0.2, -0.15) is 5.10 Å². The fourth-order valence-corrected chi connectivity index (χ4v) is 2.73. The van der Waals surface area contributed by atoms with Crippen LogP contribution < -0.4 is 10.6 Å². The van der Waals surface area contributed by atoms with Crippen molar-refractivity contribution in [2.45, 2.75) is 18.9 Å². The highest BCUT2D eigenvalue weighted by molar-refractivity contribution is 5.95. The van der Waals surface area contributed by atoms with Crippen LogP contribution in [-0.4, -0.2) is 59.1 Å². The molecule has 2 aromatic rings. The highest BCUT2D eigenvalue weighted by atomic mass is 16.2. The van der Waals surface area contributed by atoms with Gasteiger partial charge in [-0.05, 0) is 51.2 Å². The molecule has 2 amide bonds. The first-order valence-electron chi connectivity index (χ1n) is 7.82. The summed E-state index contributed by atoms with van der Waals surface area (Å²) in [7, 11) is 2.08. The lowest BCUT2D eigenvalue weighted by atomic mass is 10.1. The van der Waals surface area contributed by atoms with Gasteiger partial charge in [0.2, 0.25) is 5.91 Å². The van der Waals surface area contributed by atoms with E-state index in [9.17, 15) is 9.59 Å². The number of nitrogens with zero attached hydrogens (tertiary/aromatic N) is 3. The van der Waals surface area contributed by atoms with E-state index in [4.69, 9.17) is 0 Å². The first kappa shape index (κ1) is 15.5. The van der Waals surface area contributed by atoms with Crippen LogP contribution in [0.1, 0.15) is 23.3 Å². The molecule has 1 aliphatic heterocycles. The molecule has 1 fully saturated rings.